The highest BCUT2D eigenvalue weighted by molar-refractivity contribution is 5.86. The number of allylic oxidation sites excluding steroid dienone is 1. The van der Waals surface area contributed by atoms with E-state index in [0.29, 0.717) is 0 Å². The number of carbonyl (C=O) groups excluding carboxylic acids is 2. The molecule has 0 atom stereocenters. The second-order valence-electron chi connectivity index (χ2n) is 4.56. The monoisotopic (exact) mass is 285 g/mol. The highest BCUT2D eigenvalue weighted by Gasteiger charge is 2.05. The lowest BCUT2D eigenvalue weighted by molar-refractivity contribution is -0.143. The molecule has 1 N–H and O–H groups in total. The number of carbonyl (C=O) groups is 2. The normalized spacial score (nSPS) is 10.6. The summed E-state index contributed by atoms with van der Waals surface area (Å²) in [5.41, 5.74) is 2.13. The summed E-state index contributed by atoms with van der Waals surface area (Å²) in [4.78, 5) is 22.7. The molecule has 110 valence electrons. The topological polar surface area (TPSA) is 55.4 Å². The number of nitrogens with one attached hydrogen (secondary N) is 1. The molecule has 1 rings (SSSR count). The molecule has 21 heavy (non-hydrogen) atoms. The van der Waals surface area contributed by atoms with Crippen molar-refractivity contribution in [1.82, 2.24) is 5.32 Å². The molecule has 0 saturated heterocycles. The van der Waals surface area contributed by atoms with Gasteiger partial charge in [-0.15, -0.1) is 6.42 Å². The first-order chi connectivity index (χ1) is 10.1. The minimum absolute atomic E-state index is 0.127. The molecule has 0 spiro atoms. The van der Waals surface area contributed by atoms with Crippen molar-refractivity contribution in [3.8, 4) is 12.3 Å². The summed E-state index contributed by atoms with van der Waals surface area (Å²) in [7, 11) is 0. The van der Waals surface area contributed by atoms with Gasteiger partial charge in [-0.25, -0.2) is 4.79 Å². The molecule has 1 aromatic carbocycles. The Balaban J connectivity index is 2.31. The van der Waals surface area contributed by atoms with Gasteiger partial charge in [0, 0.05) is 6.08 Å². The Morgan fingerprint density at radius 3 is 2.71 bits per heavy atom. The Kier molecular flexibility index (Phi) is 7.37. The fourth-order valence-electron chi connectivity index (χ4n) is 1.64. The predicted molar refractivity (Wildman–Crippen MR) is 81.3 cm³/mol. The lowest BCUT2D eigenvalue weighted by atomic mass is 10.1. The van der Waals surface area contributed by atoms with Crippen molar-refractivity contribution in [2.75, 3.05) is 13.2 Å². The third kappa shape index (κ3) is 7.58. The van der Waals surface area contributed by atoms with Crippen LogP contribution in [0.2, 0.25) is 0 Å². The summed E-state index contributed by atoms with van der Waals surface area (Å²) in [6.45, 7) is 1.67. The Hall–Kier alpha value is -2.54. The van der Waals surface area contributed by atoms with Gasteiger partial charge >= 0.3 is 5.97 Å². The third-order valence-corrected chi connectivity index (χ3v) is 2.75. The maximum Gasteiger partial charge on any atom is 0.331 e. The first-order valence-electron chi connectivity index (χ1n) is 6.70. The largest absolute Gasteiger partial charge is 0.452 e. The van der Waals surface area contributed by atoms with Crippen LogP contribution in [0.5, 0.6) is 0 Å². The van der Waals surface area contributed by atoms with E-state index in [1.165, 1.54) is 11.6 Å². The van der Waals surface area contributed by atoms with Gasteiger partial charge < -0.3 is 10.1 Å². The van der Waals surface area contributed by atoms with Crippen LogP contribution in [0.25, 0.3) is 0 Å². The fourth-order valence-corrected chi connectivity index (χ4v) is 1.64. The zero-order chi connectivity index (χ0) is 15.5. The van der Waals surface area contributed by atoms with Crippen LogP contribution in [0.3, 0.4) is 0 Å². The van der Waals surface area contributed by atoms with Crippen molar-refractivity contribution < 1.29 is 14.3 Å². The van der Waals surface area contributed by atoms with E-state index in [-0.39, 0.29) is 13.2 Å². The van der Waals surface area contributed by atoms with E-state index in [1.54, 1.807) is 0 Å². The Morgan fingerprint density at radius 2 is 2.05 bits per heavy atom. The van der Waals surface area contributed by atoms with Gasteiger partial charge in [0.05, 0.1) is 6.54 Å². The van der Waals surface area contributed by atoms with Crippen molar-refractivity contribution in [2.24, 2.45) is 0 Å². The lowest BCUT2D eigenvalue weighted by Crippen LogP contribution is -2.28. The molecule has 4 heteroatoms. The number of rotatable bonds is 7. The smallest absolute Gasteiger partial charge is 0.331 e. The van der Waals surface area contributed by atoms with Crippen LogP contribution in [0.1, 0.15) is 18.9 Å². The maximum absolute atomic E-state index is 11.5. The molecular formula is C17H19NO3. The summed E-state index contributed by atoms with van der Waals surface area (Å²) in [5.74, 6) is 1.34. The second kappa shape index (κ2) is 9.38. The van der Waals surface area contributed by atoms with Gasteiger partial charge in [0.15, 0.2) is 6.61 Å². The van der Waals surface area contributed by atoms with Crippen LogP contribution in [-0.4, -0.2) is 25.0 Å². The molecule has 0 aliphatic carbocycles. The number of hydrogen-bond donors (Lipinski definition) is 1. The maximum atomic E-state index is 11.5. The highest BCUT2D eigenvalue weighted by Crippen LogP contribution is 2.08. The highest BCUT2D eigenvalue weighted by atomic mass is 16.5. The molecule has 4 nitrogen and oxygen atoms in total. The summed E-state index contributed by atoms with van der Waals surface area (Å²) < 4.78 is 4.83. The summed E-state index contributed by atoms with van der Waals surface area (Å²) in [6.07, 6.45) is 8.04. The van der Waals surface area contributed by atoms with Gasteiger partial charge in [0.2, 0.25) is 0 Å². The van der Waals surface area contributed by atoms with E-state index < -0.39 is 11.9 Å². The number of ether oxygens (including phenoxy) is 1. The minimum Gasteiger partial charge on any atom is -0.452 e. The molecule has 0 aliphatic rings. The molecular weight excluding hydrogens is 266 g/mol. The molecule has 0 bridgehead atoms. The standard InChI is InChI=1S/C17H19NO3/c1-3-11-18-16(19)13-21-17(20)12-14(2)9-10-15-7-5-4-6-8-15/h1,4-8,12H,9-11,13H2,2H3,(H,18,19)/b14-12-. The molecule has 0 aliphatic heterocycles. The summed E-state index contributed by atoms with van der Waals surface area (Å²) >= 11 is 0. The Labute approximate surface area is 125 Å². The SMILES string of the molecule is C#CCNC(=O)COC(=O)/C=C(/C)CCc1ccccc1. The number of hydrogen-bond acceptors (Lipinski definition) is 3. The molecule has 0 unspecified atom stereocenters. The van der Waals surface area contributed by atoms with Gasteiger partial charge in [-0.2, -0.15) is 0 Å². The number of benzene rings is 1. The Bertz CT molecular complexity index is 541. The number of amides is 1. The number of esters is 1. The molecule has 0 radical (unpaired) electrons. The summed E-state index contributed by atoms with van der Waals surface area (Å²) in [6, 6.07) is 10.0. The van der Waals surface area contributed by atoms with Crippen LogP contribution >= 0.6 is 0 Å². The van der Waals surface area contributed by atoms with E-state index in [9.17, 15) is 9.59 Å². The molecule has 0 saturated carbocycles. The second-order valence-corrected chi connectivity index (χ2v) is 4.56. The zero-order valence-electron chi connectivity index (χ0n) is 12.1. The van der Waals surface area contributed by atoms with E-state index in [4.69, 9.17) is 11.2 Å². The van der Waals surface area contributed by atoms with Crippen LogP contribution in [0, 0.1) is 12.3 Å². The van der Waals surface area contributed by atoms with Crippen LogP contribution in [0.15, 0.2) is 42.0 Å². The van der Waals surface area contributed by atoms with E-state index in [2.05, 4.69) is 11.2 Å². The average molecular weight is 285 g/mol. The van der Waals surface area contributed by atoms with Crippen molar-refractivity contribution >= 4 is 11.9 Å². The van der Waals surface area contributed by atoms with Crippen molar-refractivity contribution in [3.63, 3.8) is 0 Å². The zero-order valence-corrected chi connectivity index (χ0v) is 12.1. The van der Waals surface area contributed by atoms with E-state index in [0.717, 1.165) is 18.4 Å². The third-order valence-electron chi connectivity index (χ3n) is 2.75. The van der Waals surface area contributed by atoms with Gasteiger partial charge in [0.1, 0.15) is 0 Å². The fraction of sp³-hybridized carbons (Fsp3) is 0.294. The Morgan fingerprint density at radius 1 is 1.33 bits per heavy atom. The molecule has 0 heterocycles. The number of aryl methyl sites for hydroxylation is 1. The average Bonchev–Trinajstić information content (AvgIpc) is 2.50. The van der Waals surface area contributed by atoms with Gasteiger partial charge in [0.25, 0.3) is 5.91 Å². The molecule has 0 fully saturated rings. The van der Waals surface area contributed by atoms with Crippen molar-refractivity contribution in [2.45, 2.75) is 19.8 Å². The predicted octanol–water partition coefficient (Wildman–Crippen LogP) is 1.86. The van der Waals surface area contributed by atoms with E-state index >= 15 is 0 Å². The minimum atomic E-state index is -0.517. The van der Waals surface area contributed by atoms with Crippen molar-refractivity contribution in [3.05, 3.63) is 47.5 Å². The molecule has 1 amide bonds. The molecule has 0 aromatic heterocycles. The van der Waals surface area contributed by atoms with Crippen LogP contribution < -0.4 is 5.32 Å². The quantitative estimate of drug-likeness (QED) is 0.472. The van der Waals surface area contributed by atoms with Gasteiger partial charge in [-0.3, -0.25) is 4.79 Å². The van der Waals surface area contributed by atoms with Crippen LogP contribution in [0.4, 0.5) is 0 Å². The van der Waals surface area contributed by atoms with Gasteiger partial charge in [-0.05, 0) is 25.3 Å². The number of terminal acetylenes is 1. The lowest BCUT2D eigenvalue weighted by Gasteiger charge is -2.04. The van der Waals surface area contributed by atoms with Crippen molar-refractivity contribution in [1.29, 1.82) is 0 Å². The summed E-state index contributed by atoms with van der Waals surface area (Å²) in [5, 5.41) is 2.41. The van der Waals surface area contributed by atoms with E-state index in [1.807, 2.05) is 37.3 Å². The van der Waals surface area contributed by atoms with Crippen LogP contribution in [-0.2, 0) is 20.7 Å². The molecule has 1 aromatic rings. The first kappa shape index (κ1) is 16.5. The van der Waals surface area contributed by atoms with Gasteiger partial charge in [-0.1, -0.05) is 41.8 Å². The first-order valence-corrected chi connectivity index (χ1v) is 6.70.